The molecule has 21 heavy (non-hydrogen) atoms. The second kappa shape index (κ2) is 5.91. The SMILES string of the molecule is Cn1cc(S(N)(=O)=O)c(NC(=O)c2cc(Cl)ccc2I)n1. The molecular weight excluding hydrogens is 431 g/mol. The molecule has 1 aromatic heterocycles. The Hall–Kier alpha value is -1.17. The molecule has 0 aliphatic heterocycles. The van der Waals surface area contributed by atoms with Crippen LogP contribution >= 0.6 is 34.2 Å². The predicted octanol–water partition coefficient (Wildman–Crippen LogP) is 1.58. The Balaban J connectivity index is 2.39. The monoisotopic (exact) mass is 440 g/mol. The first-order valence-corrected chi connectivity index (χ1v) is 8.51. The zero-order chi connectivity index (χ0) is 15.8. The van der Waals surface area contributed by atoms with Gasteiger partial charge in [-0.1, -0.05) is 11.6 Å². The molecule has 0 fully saturated rings. The zero-order valence-corrected chi connectivity index (χ0v) is 14.4. The maximum Gasteiger partial charge on any atom is 0.258 e. The first kappa shape index (κ1) is 16.2. The minimum atomic E-state index is -3.98. The lowest BCUT2D eigenvalue weighted by Gasteiger charge is -2.06. The first-order chi connectivity index (χ1) is 9.68. The van der Waals surface area contributed by atoms with Crippen molar-refractivity contribution in [3.8, 4) is 0 Å². The molecule has 0 bridgehead atoms. The van der Waals surface area contributed by atoms with E-state index in [2.05, 4.69) is 10.4 Å². The number of rotatable bonds is 3. The Morgan fingerprint density at radius 1 is 1.48 bits per heavy atom. The zero-order valence-electron chi connectivity index (χ0n) is 10.7. The van der Waals surface area contributed by atoms with E-state index in [1.165, 1.54) is 24.0 Å². The van der Waals surface area contributed by atoms with Gasteiger partial charge in [0.1, 0.15) is 4.90 Å². The normalized spacial score (nSPS) is 11.4. The van der Waals surface area contributed by atoms with Gasteiger partial charge in [-0.15, -0.1) is 0 Å². The summed E-state index contributed by atoms with van der Waals surface area (Å²) in [4.78, 5) is 12.0. The number of hydrogen-bond acceptors (Lipinski definition) is 4. The van der Waals surface area contributed by atoms with Crippen LogP contribution in [0.3, 0.4) is 0 Å². The van der Waals surface area contributed by atoms with Gasteiger partial charge >= 0.3 is 0 Å². The molecule has 0 aliphatic carbocycles. The number of amides is 1. The van der Waals surface area contributed by atoms with Crippen LogP contribution in [0.2, 0.25) is 5.02 Å². The second-order valence-corrected chi connectivity index (χ2v) is 7.27. The molecule has 10 heteroatoms. The number of hydrogen-bond donors (Lipinski definition) is 2. The molecule has 0 radical (unpaired) electrons. The Morgan fingerprint density at radius 3 is 2.76 bits per heavy atom. The minimum Gasteiger partial charge on any atom is -0.304 e. The van der Waals surface area contributed by atoms with Gasteiger partial charge in [-0.3, -0.25) is 9.48 Å². The van der Waals surface area contributed by atoms with E-state index in [0.717, 1.165) is 0 Å². The van der Waals surface area contributed by atoms with E-state index in [1.807, 2.05) is 22.6 Å². The van der Waals surface area contributed by atoms with Gasteiger partial charge in [-0.25, -0.2) is 13.6 Å². The molecule has 3 N–H and O–H groups in total. The Labute approximate surface area is 139 Å². The number of aryl methyl sites for hydroxylation is 1. The van der Waals surface area contributed by atoms with Crippen LogP contribution in [0.1, 0.15) is 10.4 Å². The second-order valence-electron chi connectivity index (χ2n) is 4.14. The summed E-state index contributed by atoms with van der Waals surface area (Å²) in [7, 11) is -2.46. The van der Waals surface area contributed by atoms with Gasteiger partial charge in [0.25, 0.3) is 5.91 Å². The minimum absolute atomic E-state index is 0.124. The maximum atomic E-state index is 12.2. The summed E-state index contributed by atoms with van der Waals surface area (Å²) in [5, 5.41) is 11.8. The predicted molar refractivity (Wildman–Crippen MR) is 86.7 cm³/mol. The van der Waals surface area contributed by atoms with Gasteiger partial charge in [0, 0.05) is 21.8 Å². The van der Waals surface area contributed by atoms with E-state index < -0.39 is 15.9 Å². The van der Waals surface area contributed by atoms with E-state index in [1.54, 1.807) is 12.1 Å². The van der Waals surface area contributed by atoms with Crippen molar-refractivity contribution in [2.75, 3.05) is 5.32 Å². The van der Waals surface area contributed by atoms with Crippen molar-refractivity contribution < 1.29 is 13.2 Å². The number of halogens is 2. The highest BCUT2D eigenvalue weighted by Crippen LogP contribution is 2.21. The fourth-order valence-corrected chi connectivity index (χ4v) is 3.02. The van der Waals surface area contributed by atoms with Gasteiger partial charge in [0.15, 0.2) is 5.82 Å². The fourth-order valence-electron chi connectivity index (χ4n) is 1.61. The van der Waals surface area contributed by atoms with Crippen molar-refractivity contribution in [3.63, 3.8) is 0 Å². The van der Waals surface area contributed by atoms with Gasteiger partial charge < -0.3 is 5.32 Å². The topological polar surface area (TPSA) is 107 Å². The summed E-state index contributed by atoms with van der Waals surface area (Å²) in [6.45, 7) is 0. The molecule has 0 spiro atoms. The third kappa shape index (κ3) is 3.73. The third-order valence-corrected chi connectivity index (χ3v) is 4.59. The van der Waals surface area contributed by atoms with Gasteiger partial charge in [-0.2, -0.15) is 5.10 Å². The van der Waals surface area contributed by atoms with Crippen molar-refractivity contribution in [1.29, 1.82) is 0 Å². The summed E-state index contributed by atoms with van der Waals surface area (Å²) in [6, 6.07) is 4.81. The summed E-state index contributed by atoms with van der Waals surface area (Å²) in [6.07, 6.45) is 1.22. The molecule has 1 amide bonds. The van der Waals surface area contributed by atoms with E-state index in [9.17, 15) is 13.2 Å². The van der Waals surface area contributed by atoms with Crippen LogP contribution < -0.4 is 10.5 Å². The molecule has 112 valence electrons. The van der Waals surface area contributed by atoms with Crippen molar-refractivity contribution in [2.45, 2.75) is 4.90 Å². The number of anilines is 1. The highest BCUT2D eigenvalue weighted by molar-refractivity contribution is 14.1. The molecule has 2 aromatic rings. The standard InChI is InChI=1S/C11H10ClIN4O3S/c1-17-5-9(21(14,19)20)10(16-17)15-11(18)7-4-6(12)2-3-8(7)13/h2-5H,1H3,(H2,14,19,20)(H,15,16,18). The number of benzene rings is 1. The van der Waals surface area contributed by atoms with Crippen molar-refractivity contribution in [3.05, 3.63) is 38.6 Å². The van der Waals surface area contributed by atoms with Crippen LogP contribution in [-0.4, -0.2) is 24.1 Å². The van der Waals surface area contributed by atoms with E-state index >= 15 is 0 Å². The van der Waals surface area contributed by atoms with Gasteiger partial charge in [0.05, 0.1) is 5.56 Å². The van der Waals surface area contributed by atoms with Crippen molar-refractivity contribution in [2.24, 2.45) is 12.2 Å². The number of carbonyl (C=O) groups is 1. The molecule has 1 heterocycles. The van der Waals surface area contributed by atoms with E-state index in [0.29, 0.717) is 14.2 Å². The molecule has 1 aromatic carbocycles. The number of primary sulfonamides is 1. The van der Waals surface area contributed by atoms with Gasteiger partial charge in [0.2, 0.25) is 10.0 Å². The molecular formula is C11H10ClIN4O3S. The summed E-state index contributed by atoms with van der Waals surface area (Å²) < 4.78 is 24.8. The Bertz CT molecular complexity index is 819. The summed E-state index contributed by atoms with van der Waals surface area (Å²) in [5.74, 6) is -0.647. The molecule has 0 atom stereocenters. The summed E-state index contributed by atoms with van der Waals surface area (Å²) >= 11 is 7.83. The molecule has 7 nitrogen and oxygen atoms in total. The van der Waals surface area contributed by atoms with Crippen LogP contribution in [0, 0.1) is 3.57 Å². The number of nitrogens with two attached hydrogens (primary N) is 1. The van der Waals surface area contributed by atoms with Gasteiger partial charge in [-0.05, 0) is 40.8 Å². The van der Waals surface area contributed by atoms with E-state index in [-0.39, 0.29) is 10.7 Å². The number of nitrogens with zero attached hydrogens (tertiary/aromatic N) is 2. The van der Waals surface area contributed by atoms with Crippen LogP contribution in [0.25, 0.3) is 0 Å². The largest absolute Gasteiger partial charge is 0.304 e. The maximum absolute atomic E-state index is 12.2. The Morgan fingerprint density at radius 2 is 2.14 bits per heavy atom. The molecule has 0 saturated heterocycles. The van der Waals surface area contributed by atoms with Crippen LogP contribution in [0.5, 0.6) is 0 Å². The molecule has 0 aliphatic rings. The number of sulfonamides is 1. The highest BCUT2D eigenvalue weighted by atomic mass is 127. The fraction of sp³-hybridized carbons (Fsp3) is 0.0909. The average Bonchev–Trinajstić information content (AvgIpc) is 2.73. The van der Waals surface area contributed by atoms with Crippen LogP contribution in [0.4, 0.5) is 5.82 Å². The van der Waals surface area contributed by atoms with Crippen LogP contribution in [-0.2, 0) is 17.1 Å². The molecule has 2 rings (SSSR count). The average molecular weight is 441 g/mol. The lowest BCUT2D eigenvalue weighted by Crippen LogP contribution is -2.18. The first-order valence-electron chi connectivity index (χ1n) is 5.51. The van der Waals surface area contributed by atoms with Crippen LogP contribution in [0.15, 0.2) is 29.3 Å². The summed E-state index contributed by atoms with van der Waals surface area (Å²) in [5.41, 5.74) is 0.314. The number of nitrogens with one attached hydrogen (secondary N) is 1. The molecule has 0 unspecified atom stereocenters. The lowest BCUT2D eigenvalue weighted by atomic mass is 10.2. The van der Waals surface area contributed by atoms with Crippen molar-refractivity contribution in [1.82, 2.24) is 9.78 Å². The highest BCUT2D eigenvalue weighted by Gasteiger charge is 2.21. The quantitative estimate of drug-likeness (QED) is 0.707. The third-order valence-electron chi connectivity index (χ3n) is 2.51. The lowest BCUT2D eigenvalue weighted by molar-refractivity contribution is 0.102. The van der Waals surface area contributed by atoms with Crippen molar-refractivity contribution >= 4 is 55.9 Å². The number of carbonyl (C=O) groups excluding carboxylic acids is 1. The smallest absolute Gasteiger partial charge is 0.258 e. The Kier molecular flexibility index (Phi) is 4.56. The number of aromatic nitrogens is 2. The molecule has 0 saturated carbocycles. The van der Waals surface area contributed by atoms with E-state index in [4.69, 9.17) is 16.7 Å².